The zero-order valence-electron chi connectivity index (χ0n) is 12.6. The number of carboxylic acids is 1. The Morgan fingerprint density at radius 2 is 1.83 bits per heavy atom. The van der Waals surface area contributed by atoms with Crippen molar-refractivity contribution in [2.24, 2.45) is 0 Å². The average Bonchev–Trinajstić information content (AvgIpc) is 2.79. The van der Waals surface area contributed by atoms with Gasteiger partial charge in [0.1, 0.15) is 6.04 Å². The summed E-state index contributed by atoms with van der Waals surface area (Å²) in [6, 6.07) is 5.13. The Kier molecular flexibility index (Phi) is 5.12. The number of amides is 3. The van der Waals surface area contributed by atoms with E-state index in [1.54, 1.807) is 24.3 Å². The summed E-state index contributed by atoms with van der Waals surface area (Å²) < 4.78 is 0. The lowest BCUT2D eigenvalue weighted by molar-refractivity contribution is -0.140. The van der Waals surface area contributed by atoms with Crippen molar-refractivity contribution in [2.45, 2.75) is 12.5 Å². The van der Waals surface area contributed by atoms with Crippen LogP contribution < -0.4 is 5.32 Å². The largest absolute Gasteiger partial charge is 0.479 e. The number of benzene rings is 1. The molecule has 7 nitrogen and oxygen atoms in total. The van der Waals surface area contributed by atoms with Crippen molar-refractivity contribution in [2.75, 3.05) is 6.54 Å². The van der Waals surface area contributed by atoms with Crippen LogP contribution in [0.25, 0.3) is 0 Å². The van der Waals surface area contributed by atoms with Crippen LogP contribution in [0.5, 0.6) is 0 Å². The van der Waals surface area contributed by atoms with Crippen molar-refractivity contribution in [3.63, 3.8) is 0 Å². The molecule has 1 aliphatic rings. The summed E-state index contributed by atoms with van der Waals surface area (Å²) in [6.07, 6.45) is 7.28. The van der Waals surface area contributed by atoms with E-state index < -0.39 is 29.7 Å². The van der Waals surface area contributed by atoms with E-state index in [0.29, 0.717) is 11.1 Å². The lowest BCUT2D eigenvalue weighted by Crippen LogP contribution is -2.39. The van der Waals surface area contributed by atoms with Gasteiger partial charge in [0.2, 0.25) is 5.91 Å². The van der Waals surface area contributed by atoms with Gasteiger partial charge in [0.05, 0.1) is 17.5 Å². The summed E-state index contributed by atoms with van der Waals surface area (Å²) >= 11 is 0. The molecule has 0 bridgehead atoms. The van der Waals surface area contributed by atoms with Gasteiger partial charge in [-0.1, -0.05) is 30.2 Å². The van der Waals surface area contributed by atoms with Crippen molar-refractivity contribution in [1.82, 2.24) is 10.2 Å². The molecule has 1 aromatic rings. The highest BCUT2D eigenvalue weighted by Gasteiger charge is 2.34. The van der Waals surface area contributed by atoms with E-state index in [1.807, 2.05) is 0 Å². The molecule has 0 saturated heterocycles. The molecule has 1 atom stereocenters. The van der Waals surface area contributed by atoms with Crippen LogP contribution in [0.2, 0.25) is 0 Å². The summed E-state index contributed by atoms with van der Waals surface area (Å²) in [7, 11) is 0. The van der Waals surface area contributed by atoms with Crippen molar-refractivity contribution >= 4 is 23.7 Å². The fourth-order valence-corrected chi connectivity index (χ4v) is 2.22. The van der Waals surface area contributed by atoms with E-state index in [-0.39, 0.29) is 13.0 Å². The maximum absolute atomic E-state index is 12.1. The monoisotopic (exact) mass is 326 g/mol. The van der Waals surface area contributed by atoms with Crippen LogP contribution in [0, 0.1) is 12.3 Å². The SMILES string of the molecule is C#CCC(=O)NC(C=CCN1C(=O)c2ccccc2C1=O)C(=O)O. The summed E-state index contributed by atoms with van der Waals surface area (Å²) in [6.45, 7) is -0.0961. The van der Waals surface area contributed by atoms with Gasteiger partial charge in [-0.25, -0.2) is 4.79 Å². The van der Waals surface area contributed by atoms with Gasteiger partial charge in [0.15, 0.2) is 0 Å². The van der Waals surface area contributed by atoms with Crippen LogP contribution in [-0.4, -0.2) is 46.3 Å². The minimum atomic E-state index is -1.29. The van der Waals surface area contributed by atoms with E-state index in [4.69, 9.17) is 11.5 Å². The number of rotatable bonds is 6. The van der Waals surface area contributed by atoms with E-state index in [2.05, 4.69) is 11.2 Å². The number of fused-ring (bicyclic) bond motifs is 1. The minimum Gasteiger partial charge on any atom is -0.479 e. The quantitative estimate of drug-likeness (QED) is 0.448. The molecule has 1 unspecified atom stereocenters. The number of terminal acetylenes is 1. The van der Waals surface area contributed by atoms with Gasteiger partial charge in [-0.2, -0.15) is 0 Å². The van der Waals surface area contributed by atoms with Gasteiger partial charge in [0, 0.05) is 6.54 Å². The summed E-state index contributed by atoms with van der Waals surface area (Å²) in [5.74, 6) is -0.655. The molecule has 0 saturated carbocycles. The van der Waals surface area contributed by atoms with Crippen molar-refractivity contribution in [3.8, 4) is 12.3 Å². The molecule has 0 radical (unpaired) electrons. The highest BCUT2D eigenvalue weighted by Crippen LogP contribution is 2.21. The number of nitrogens with one attached hydrogen (secondary N) is 1. The third-order valence-electron chi connectivity index (χ3n) is 3.34. The van der Waals surface area contributed by atoms with Crippen molar-refractivity contribution in [1.29, 1.82) is 0 Å². The van der Waals surface area contributed by atoms with E-state index in [1.165, 1.54) is 12.2 Å². The second-order valence-corrected chi connectivity index (χ2v) is 4.96. The lowest BCUT2D eigenvalue weighted by Gasteiger charge is -2.12. The first-order valence-electron chi connectivity index (χ1n) is 7.03. The molecular formula is C17H14N2O5. The third-order valence-corrected chi connectivity index (χ3v) is 3.34. The Labute approximate surface area is 137 Å². The second kappa shape index (κ2) is 7.24. The molecule has 3 amide bonds. The maximum Gasteiger partial charge on any atom is 0.330 e. The third kappa shape index (κ3) is 3.50. The normalized spacial score (nSPS) is 14.4. The standard InChI is InChI=1S/C17H14N2O5/c1-2-6-14(20)18-13(17(23)24)9-5-10-19-15(21)11-7-3-4-8-12(11)16(19)22/h1,3-5,7-9,13H,6,10H2,(H,18,20)(H,23,24). The topological polar surface area (TPSA) is 104 Å². The molecular weight excluding hydrogens is 312 g/mol. The van der Waals surface area contributed by atoms with Crippen LogP contribution in [0.1, 0.15) is 27.1 Å². The molecule has 1 aromatic carbocycles. The zero-order chi connectivity index (χ0) is 17.7. The average molecular weight is 326 g/mol. The van der Waals surface area contributed by atoms with Gasteiger partial charge in [-0.3, -0.25) is 19.3 Å². The Bertz CT molecular complexity index is 740. The van der Waals surface area contributed by atoms with Crippen LogP contribution >= 0.6 is 0 Å². The number of aliphatic carboxylic acids is 1. The van der Waals surface area contributed by atoms with Gasteiger partial charge < -0.3 is 10.4 Å². The number of hydrogen-bond acceptors (Lipinski definition) is 4. The first-order valence-corrected chi connectivity index (χ1v) is 7.03. The molecule has 1 aliphatic heterocycles. The molecule has 0 aliphatic carbocycles. The van der Waals surface area contributed by atoms with Gasteiger partial charge in [0.25, 0.3) is 11.8 Å². The Morgan fingerprint density at radius 1 is 1.25 bits per heavy atom. The fourth-order valence-electron chi connectivity index (χ4n) is 2.22. The Balaban J connectivity index is 2.04. The minimum absolute atomic E-state index is 0.0961. The predicted molar refractivity (Wildman–Crippen MR) is 84.0 cm³/mol. The molecule has 1 heterocycles. The molecule has 0 aromatic heterocycles. The summed E-state index contributed by atoms with van der Waals surface area (Å²) in [5.41, 5.74) is 0.626. The summed E-state index contributed by atoms with van der Waals surface area (Å²) in [4.78, 5) is 47.8. The number of hydrogen-bond donors (Lipinski definition) is 2. The second-order valence-electron chi connectivity index (χ2n) is 4.96. The summed E-state index contributed by atoms with van der Waals surface area (Å²) in [5, 5.41) is 11.3. The highest BCUT2D eigenvalue weighted by atomic mass is 16.4. The first kappa shape index (κ1) is 17.0. The van der Waals surface area contributed by atoms with Crippen molar-refractivity contribution in [3.05, 3.63) is 47.5 Å². The maximum atomic E-state index is 12.1. The van der Waals surface area contributed by atoms with Gasteiger partial charge in [-0.15, -0.1) is 6.42 Å². The molecule has 7 heteroatoms. The number of imide groups is 1. The molecule has 0 fully saturated rings. The molecule has 24 heavy (non-hydrogen) atoms. The van der Waals surface area contributed by atoms with Crippen LogP contribution in [0.4, 0.5) is 0 Å². The fraction of sp³-hybridized carbons (Fsp3) is 0.176. The van der Waals surface area contributed by atoms with Gasteiger partial charge >= 0.3 is 5.97 Å². The van der Waals surface area contributed by atoms with Crippen LogP contribution in [-0.2, 0) is 9.59 Å². The van der Waals surface area contributed by atoms with Gasteiger partial charge in [-0.05, 0) is 12.1 Å². The molecule has 0 spiro atoms. The van der Waals surface area contributed by atoms with E-state index in [9.17, 15) is 19.2 Å². The van der Waals surface area contributed by atoms with Crippen LogP contribution in [0.3, 0.4) is 0 Å². The first-order chi connectivity index (χ1) is 11.5. The number of nitrogens with zero attached hydrogens (tertiary/aromatic N) is 1. The predicted octanol–water partition coefficient (Wildman–Crippen LogP) is 0.432. The number of carbonyl (C=O) groups excluding carboxylic acids is 3. The van der Waals surface area contributed by atoms with Crippen LogP contribution in [0.15, 0.2) is 36.4 Å². The Hall–Kier alpha value is -3.40. The molecule has 122 valence electrons. The zero-order valence-corrected chi connectivity index (χ0v) is 12.6. The molecule has 2 N–H and O–H groups in total. The smallest absolute Gasteiger partial charge is 0.330 e. The van der Waals surface area contributed by atoms with Crippen molar-refractivity contribution < 1.29 is 24.3 Å². The van der Waals surface area contributed by atoms with E-state index in [0.717, 1.165) is 4.90 Å². The number of carbonyl (C=O) groups is 4. The molecule has 2 rings (SSSR count). The van der Waals surface area contributed by atoms with E-state index >= 15 is 0 Å². The lowest BCUT2D eigenvalue weighted by atomic mass is 10.1. The Morgan fingerprint density at radius 3 is 2.33 bits per heavy atom. The highest BCUT2D eigenvalue weighted by molar-refractivity contribution is 6.21. The number of carboxylic acid groups (broad SMARTS) is 1.